The summed E-state index contributed by atoms with van der Waals surface area (Å²) in [7, 11) is 0. The lowest BCUT2D eigenvalue weighted by Gasteiger charge is -2.04. The topological polar surface area (TPSA) is 29.9 Å². The molecular weight excluding hydrogens is 258 g/mol. The number of benzene rings is 2. The minimum atomic E-state index is 0.799. The molecule has 0 saturated carbocycles. The maximum Gasteiger partial charge on any atom is 0.0729 e. The van der Waals surface area contributed by atoms with Gasteiger partial charge in [0.2, 0.25) is 0 Å². The zero-order valence-corrected chi connectivity index (χ0v) is 12.2. The Morgan fingerprint density at radius 2 is 1.81 bits per heavy atom. The summed E-state index contributed by atoms with van der Waals surface area (Å²) in [5.41, 5.74) is 4.87. The second-order valence-electron chi connectivity index (χ2n) is 5.25. The first-order valence-corrected chi connectivity index (χ1v) is 7.15. The van der Waals surface area contributed by atoms with E-state index in [4.69, 9.17) is 0 Å². The zero-order chi connectivity index (χ0) is 14.5. The average Bonchev–Trinajstić information content (AvgIpc) is 2.94. The molecule has 0 radical (unpaired) electrons. The number of aryl methyl sites for hydroxylation is 1. The predicted octanol–water partition coefficient (Wildman–Crippen LogP) is 3.85. The Kier molecular flexibility index (Phi) is 4.01. The van der Waals surface area contributed by atoms with Crippen LogP contribution in [0.5, 0.6) is 0 Å². The van der Waals surface area contributed by atoms with Crippen LogP contribution in [0.25, 0.3) is 0 Å². The van der Waals surface area contributed by atoms with Gasteiger partial charge in [-0.05, 0) is 18.1 Å². The van der Waals surface area contributed by atoms with Gasteiger partial charge in [0.1, 0.15) is 0 Å². The lowest BCUT2D eigenvalue weighted by atomic mass is 10.1. The van der Waals surface area contributed by atoms with Gasteiger partial charge in [-0.25, -0.2) is 0 Å². The van der Waals surface area contributed by atoms with Crippen molar-refractivity contribution in [1.29, 1.82) is 0 Å². The number of nitrogens with zero attached hydrogens (tertiary/aromatic N) is 2. The Bertz CT molecular complexity index is 701. The van der Waals surface area contributed by atoms with Crippen LogP contribution in [-0.4, -0.2) is 9.78 Å². The van der Waals surface area contributed by atoms with Crippen molar-refractivity contribution in [3.63, 3.8) is 0 Å². The van der Waals surface area contributed by atoms with Gasteiger partial charge < -0.3 is 5.32 Å². The summed E-state index contributed by atoms with van der Waals surface area (Å²) >= 11 is 0. The second kappa shape index (κ2) is 6.27. The third-order valence-electron chi connectivity index (χ3n) is 3.40. The summed E-state index contributed by atoms with van der Waals surface area (Å²) in [6, 6.07) is 18.9. The van der Waals surface area contributed by atoms with Gasteiger partial charge in [0.25, 0.3) is 0 Å². The smallest absolute Gasteiger partial charge is 0.0729 e. The van der Waals surface area contributed by atoms with Gasteiger partial charge in [-0.3, -0.25) is 4.68 Å². The first-order chi connectivity index (χ1) is 10.3. The molecule has 3 rings (SSSR count). The van der Waals surface area contributed by atoms with Crippen molar-refractivity contribution < 1.29 is 0 Å². The Morgan fingerprint density at radius 3 is 2.62 bits per heavy atom. The number of nitrogens with one attached hydrogen (secondary N) is 1. The van der Waals surface area contributed by atoms with Gasteiger partial charge in [-0.15, -0.1) is 0 Å². The molecular formula is C18H19N3. The largest absolute Gasteiger partial charge is 0.378 e. The zero-order valence-electron chi connectivity index (χ0n) is 12.2. The van der Waals surface area contributed by atoms with E-state index >= 15 is 0 Å². The summed E-state index contributed by atoms with van der Waals surface area (Å²) < 4.78 is 1.95. The molecule has 0 aliphatic rings. The fourth-order valence-electron chi connectivity index (χ4n) is 2.34. The monoisotopic (exact) mass is 277 g/mol. The summed E-state index contributed by atoms with van der Waals surface area (Å²) in [4.78, 5) is 0. The molecule has 0 fully saturated rings. The standard InChI is InChI=1S/C18H19N3/c1-15-6-5-9-17(10-15)11-19-18-12-20-21(14-18)13-16-7-3-2-4-8-16/h2-10,12,14,19H,11,13H2,1H3. The van der Waals surface area contributed by atoms with Gasteiger partial charge in [-0.2, -0.15) is 5.10 Å². The Hall–Kier alpha value is -2.55. The molecule has 0 atom stereocenters. The van der Waals surface area contributed by atoms with Crippen molar-refractivity contribution >= 4 is 5.69 Å². The summed E-state index contributed by atoms with van der Waals surface area (Å²) in [6.45, 7) is 3.73. The van der Waals surface area contributed by atoms with Crippen LogP contribution in [0.15, 0.2) is 67.0 Å². The maximum atomic E-state index is 4.40. The SMILES string of the molecule is Cc1cccc(CNc2cnn(Cc3ccccc3)c2)c1. The molecule has 0 unspecified atom stereocenters. The second-order valence-corrected chi connectivity index (χ2v) is 5.25. The molecule has 1 aromatic heterocycles. The van der Waals surface area contributed by atoms with Gasteiger partial charge in [0, 0.05) is 12.7 Å². The molecule has 1 N–H and O–H groups in total. The highest BCUT2D eigenvalue weighted by atomic mass is 15.3. The van der Waals surface area contributed by atoms with E-state index in [1.54, 1.807) is 0 Å². The van der Waals surface area contributed by atoms with Crippen LogP contribution in [0, 0.1) is 6.92 Å². The molecule has 21 heavy (non-hydrogen) atoms. The molecule has 106 valence electrons. The average molecular weight is 277 g/mol. The van der Waals surface area contributed by atoms with Crippen LogP contribution in [0.3, 0.4) is 0 Å². The first-order valence-electron chi connectivity index (χ1n) is 7.15. The van der Waals surface area contributed by atoms with Crippen LogP contribution < -0.4 is 5.32 Å². The Labute approximate surface area is 125 Å². The Balaban J connectivity index is 1.60. The third kappa shape index (κ3) is 3.72. The van der Waals surface area contributed by atoms with Crippen LogP contribution in [0.2, 0.25) is 0 Å². The van der Waals surface area contributed by atoms with Crippen molar-refractivity contribution in [3.05, 3.63) is 83.7 Å². The molecule has 0 aliphatic heterocycles. The van der Waals surface area contributed by atoms with Crippen LogP contribution in [0.4, 0.5) is 5.69 Å². The molecule has 0 bridgehead atoms. The number of anilines is 1. The molecule has 0 spiro atoms. The highest BCUT2D eigenvalue weighted by Crippen LogP contribution is 2.11. The predicted molar refractivity (Wildman–Crippen MR) is 86.3 cm³/mol. The third-order valence-corrected chi connectivity index (χ3v) is 3.40. The van der Waals surface area contributed by atoms with E-state index in [0.29, 0.717) is 0 Å². The van der Waals surface area contributed by atoms with Crippen LogP contribution >= 0.6 is 0 Å². The van der Waals surface area contributed by atoms with E-state index in [-0.39, 0.29) is 0 Å². The van der Waals surface area contributed by atoms with Crippen molar-refractivity contribution in [1.82, 2.24) is 9.78 Å². The van der Waals surface area contributed by atoms with E-state index in [9.17, 15) is 0 Å². The highest BCUT2D eigenvalue weighted by molar-refractivity contribution is 5.39. The highest BCUT2D eigenvalue weighted by Gasteiger charge is 2.00. The normalized spacial score (nSPS) is 10.5. The van der Waals surface area contributed by atoms with E-state index in [2.05, 4.69) is 65.9 Å². The maximum absolute atomic E-state index is 4.40. The number of aromatic nitrogens is 2. The van der Waals surface area contributed by atoms with E-state index in [0.717, 1.165) is 18.8 Å². The fraction of sp³-hybridized carbons (Fsp3) is 0.167. The number of hydrogen-bond acceptors (Lipinski definition) is 2. The summed E-state index contributed by atoms with van der Waals surface area (Å²) in [6.07, 6.45) is 3.92. The minimum Gasteiger partial charge on any atom is -0.378 e. The lowest BCUT2D eigenvalue weighted by molar-refractivity contribution is 0.687. The fourth-order valence-corrected chi connectivity index (χ4v) is 2.34. The summed E-state index contributed by atoms with van der Waals surface area (Å²) in [5.74, 6) is 0. The lowest BCUT2D eigenvalue weighted by Crippen LogP contribution is -2.00. The van der Waals surface area contributed by atoms with Gasteiger partial charge in [-0.1, -0.05) is 60.2 Å². The van der Waals surface area contributed by atoms with E-state index in [1.165, 1.54) is 16.7 Å². The van der Waals surface area contributed by atoms with Crippen molar-refractivity contribution in [2.45, 2.75) is 20.0 Å². The van der Waals surface area contributed by atoms with Crippen molar-refractivity contribution in [3.8, 4) is 0 Å². The minimum absolute atomic E-state index is 0.799. The molecule has 2 aromatic carbocycles. The molecule has 1 heterocycles. The molecule has 3 aromatic rings. The van der Waals surface area contributed by atoms with Crippen LogP contribution in [0.1, 0.15) is 16.7 Å². The quantitative estimate of drug-likeness (QED) is 0.767. The molecule has 3 nitrogen and oxygen atoms in total. The van der Waals surface area contributed by atoms with Crippen molar-refractivity contribution in [2.24, 2.45) is 0 Å². The van der Waals surface area contributed by atoms with Crippen molar-refractivity contribution in [2.75, 3.05) is 5.32 Å². The van der Waals surface area contributed by atoms with Gasteiger partial charge in [0.05, 0.1) is 18.4 Å². The number of hydrogen-bond donors (Lipinski definition) is 1. The number of rotatable bonds is 5. The van der Waals surface area contributed by atoms with Crippen LogP contribution in [-0.2, 0) is 13.1 Å². The Morgan fingerprint density at radius 1 is 1.00 bits per heavy atom. The molecule has 0 amide bonds. The summed E-state index contributed by atoms with van der Waals surface area (Å²) in [5, 5.41) is 7.81. The molecule has 0 saturated heterocycles. The molecule has 0 aliphatic carbocycles. The van der Waals surface area contributed by atoms with Gasteiger partial charge >= 0.3 is 0 Å². The molecule has 3 heteroatoms. The van der Waals surface area contributed by atoms with Gasteiger partial charge in [0.15, 0.2) is 0 Å². The van der Waals surface area contributed by atoms with E-state index < -0.39 is 0 Å². The first kappa shape index (κ1) is 13.4. The van der Waals surface area contributed by atoms with E-state index in [1.807, 2.05) is 23.1 Å².